The molecule has 0 spiro atoms. The van der Waals surface area contributed by atoms with Gasteiger partial charge in [0.1, 0.15) is 1.37 Å². The molecule has 0 aliphatic carbocycles. The number of hydrogen-bond donors (Lipinski definition) is 0. The molecular weight excluding hydrogens is 178 g/mol. The van der Waals surface area contributed by atoms with Crippen molar-refractivity contribution in [2.75, 3.05) is 0 Å². The Morgan fingerprint density at radius 2 is 2.14 bits per heavy atom. The number of fused-ring (bicyclic) bond motifs is 1. The van der Waals surface area contributed by atoms with Crippen LogP contribution in [-0.4, -0.2) is 17.1 Å². The average molecular weight is 188 g/mol. The molecule has 1 aromatic carbocycles. The van der Waals surface area contributed by atoms with Crippen molar-refractivity contribution in [2.24, 2.45) is 7.05 Å². The molecule has 0 aliphatic heterocycles. The summed E-state index contributed by atoms with van der Waals surface area (Å²) in [5.41, 5.74) is 1.51. The highest BCUT2D eigenvalue weighted by atomic mass is 16.1. The highest BCUT2D eigenvalue weighted by molar-refractivity contribution is 6.06. The molecule has 3 heteroatoms. The minimum absolute atomic E-state index is 0.273. The van der Waals surface area contributed by atoms with Gasteiger partial charge in [-0.05, 0) is 6.07 Å². The number of hydrogen-bond acceptors (Lipinski definition) is 2. The predicted octanol–water partition coefficient (Wildman–Crippen LogP) is 1.80. The Bertz CT molecular complexity index is 557. The Labute approximate surface area is 82.4 Å². The molecule has 0 aliphatic rings. The van der Waals surface area contributed by atoms with Crippen LogP contribution in [0.5, 0.6) is 0 Å². The van der Waals surface area contributed by atoms with E-state index in [-0.39, 0.29) is 5.56 Å². The molecule has 14 heavy (non-hydrogen) atoms. The molecule has 1 aromatic heterocycles. The fraction of sp³-hybridized carbons (Fsp3) is 0.0909. The van der Waals surface area contributed by atoms with Crippen LogP contribution in [0.2, 0.25) is 0 Å². The van der Waals surface area contributed by atoms with Crippen molar-refractivity contribution in [3.05, 3.63) is 35.5 Å². The summed E-state index contributed by atoms with van der Waals surface area (Å²) in [6, 6.07) is 5.21. The first kappa shape index (κ1) is 7.50. The SMILES string of the molecule is [2H]C(=O)c1cn(C)c2cccc(C=O)c12. The molecule has 1 heterocycles. The van der Waals surface area contributed by atoms with E-state index in [1.807, 2.05) is 6.07 Å². The van der Waals surface area contributed by atoms with Crippen molar-refractivity contribution >= 4 is 23.5 Å². The summed E-state index contributed by atoms with van der Waals surface area (Å²) in [4.78, 5) is 21.9. The maximum Gasteiger partial charge on any atom is 0.152 e. The van der Waals surface area contributed by atoms with E-state index in [9.17, 15) is 9.59 Å². The zero-order valence-corrected chi connectivity index (χ0v) is 7.65. The molecular formula is C11H9NO2. The third kappa shape index (κ3) is 1.06. The number of aromatic nitrogens is 1. The molecule has 0 saturated carbocycles. The van der Waals surface area contributed by atoms with Crippen LogP contribution in [0.25, 0.3) is 10.9 Å². The first-order valence-corrected chi connectivity index (χ1v) is 4.19. The number of aldehydes is 2. The summed E-state index contributed by atoms with van der Waals surface area (Å²) >= 11 is 0. The minimum Gasteiger partial charge on any atom is -0.350 e. The van der Waals surface area contributed by atoms with Crippen LogP contribution < -0.4 is 0 Å². The maximum absolute atomic E-state index is 11.1. The third-order valence-corrected chi connectivity index (χ3v) is 2.28. The first-order chi connectivity index (χ1) is 7.15. The van der Waals surface area contributed by atoms with Crippen LogP contribution >= 0.6 is 0 Å². The lowest BCUT2D eigenvalue weighted by molar-refractivity contribution is 0.112. The number of rotatable bonds is 2. The van der Waals surface area contributed by atoms with Gasteiger partial charge in [-0.2, -0.15) is 0 Å². The third-order valence-electron chi connectivity index (χ3n) is 2.28. The molecule has 0 unspecified atom stereocenters. The molecule has 2 rings (SSSR count). The molecule has 0 saturated heterocycles. The number of nitrogens with zero attached hydrogens (tertiary/aromatic N) is 1. The van der Waals surface area contributed by atoms with Gasteiger partial charge in [0.05, 0.1) is 0 Å². The van der Waals surface area contributed by atoms with E-state index in [1.165, 1.54) is 0 Å². The number of benzene rings is 1. The quantitative estimate of drug-likeness (QED) is 0.674. The standard InChI is InChI=1S/C11H9NO2/c1-12-5-9(7-14)11-8(6-13)3-2-4-10(11)12/h2-7H,1H3/i7D. The van der Waals surface area contributed by atoms with Crippen molar-refractivity contribution in [1.82, 2.24) is 4.57 Å². The molecule has 0 radical (unpaired) electrons. The molecule has 0 amide bonds. The van der Waals surface area contributed by atoms with Crippen LogP contribution in [0, 0.1) is 0 Å². The molecule has 70 valence electrons. The molecule has 0 atom stereocenters. The molecule has 3 nitrogen and oxygen atoms in total. The zero-order chi connectivity index (χ0) is 11.0. The summed E-state index contributed by atoms with van der Waals surface area (Å²) in [7, 11) is 1.78. The second-order valence-corrected chi connectivity index (χ2v) is 3.11. The molecule has 0 bridgehead atoms. The van der Waals surface area contributed by atoms with Crippen molar-refractivity contribution in [3.8, 4) is 0 Å². The van der Waals surface area contributed by atoms with E-state index < -0.39 is 6.26 Å². The largest absolute Gasteiger partial charge is 0.350 e. The molecule has 0 N–H and O–H groups in total. The Morgan fingerprint density at radius 3 is 2.79 bits per heavy atom. The minimum atomic E-state index is -0.769. The van der Waals surface area contributed by atoms with E-state index in [0.29, 0.717) is 17.2 Å². The Balaban J connectivity index is 2.94. The lowest BCUT2D eigenvalue weighted by atomic mass is 10.1. The van der Waals surface area contributed by atoms with E-state index >= 15 is 0 Å². The van der Waals surface area contributed by atoms with Gasteiger partial charge in [-0.25, -0.2) is 0 Å². The van der Waals surface area contributed by atoms with Crippen LogP contribution in [0.4, 0.5) is 0 Å². The van der Waals surface area contributed by atoms with Gasteiger partial charge in [-0.15, -0.1) is 0 Å². The summed E-state index contributed by atoms with van der Waals surface area (Å²) in [5.74, 6) is 0. The fourth-order valence-electron chi connectivity index (χ4n) is 1.65. The summed E-state index contributed by atoms with van der Waals surface area (Å²) in [6.07, 6.45) is 1.51. The second-order valence-electron chi connectivity index (χ2n) is 3.11. The molecule has 0 fully saturated rings. The Hall–Kier alpha value is -1.90. The van der Waals surface area contributed by atoms with Gasteiger partial charge < -0.3 is 4.57 Å². The Morgan fingerprint density at radius 1 is 1.36 bits per heavy atom. The van der Waals surface area contributed by atoms with E-state index in [0.717, 1.165) is 5.52 Å². The highest BCUT2D eigenvalue weighted by Gasteiger charge is 2.08. The van der Waals surface area contributed by atoms with Crippen molar-refractivity contribution in [1.29, 1.82) is 0 Å². The van der Waals surface area contributed by atoms with Crippen molar-refractivity contribution < 1.29 is 11.0 Å². The van der Waals surface area contributed by atoms with Gasteiger partial charge >= 0.3 is 0 Å². The van der Waals surface area contributed by atoms with Crippen molar-refractivity contribution in [3.63, 3.8) is 0 Å². The van der Waals surface area contributed by atoms with Gasteiger partial charge in [0.25, 0.3) is 0 Å². The maximum atomic E-state index is 11.1. The second kappa shape index (κ2) is 3.10. The average Bonchev–Trinajstić information content (AvgIpc) is 2.56. The van der Waals surface area contributed by atoms with Gasteiger partial charge in [-0.3, -0.25) is 9.59 Å². The normalized spacial score (nSPS) is 11.4. The van der Waals surface area contributed by atoms with Gasteiger partial charge in [0, 0.05) is 35.3 Å². The number of carbonyl (C=O) groups excluding carboxylic acids is 2. The van der Waals surface area contributed by atoms with Crippen LogP contribution in [-0.2, 0) is 7.05 Å². The lowest BCUT2D eigenvalue weighted by Gasteiger charge is -1.97. The van der Waals surface area contributed by atoms with Crippen molar-refractivity contribution in [2.45, 2.75) is 0 Å². The van der Waals surface area contributed by atoms with Gasteiger partial charge in [0.2, 0.25) is 0 Å². The zero-order valence-electron chi connectivity index (χ0n) is 8.65. The van der Waals surface area contributed by atoms with Gasteiger partial charge in [-0.1, -0.05) is 12.1 Å². The van der Waals surface area contributed by atoms with E-state index in [2.05, 4.69) is 0 Å². The molecule has 2 aromatic rings. The smallest absolute Gasteiger partial charge is 0.152 e. The van der Waals surface area contributed by atoms with E-state index in [1.54, 1.807) is 29.9 Å². The summed E-state index contributed by atoms with van der Waals surface area (Å²) in [6.45, 7) is 0. The predicted molar refractivity (Wildman–Crippen MR) is 53.7 cm³/mol. The number of aryl methyl sites for hydroxylation is 1. The fourth-order valence-corrected chi connectivity index (χ4v) is 1.65. The topological polar surface area (TPSA) is 39.1 Å². The van der Waals surface area contributed by atoms with Gasteiger partial charge in [0.15, 0.2) is 12.5 Å². The summed E-state index contributed by atoms with van der Waals surface area (Å²) < 4.78 is 8.86. The van der Waals surface area contributed by atoms with Crippen LogP contribution in [0.15, 0.2) is 24.4 Å². The first-order valence-electron chi connectivity index (χ1n) is 4.69. The number of carbonyl (C=O) groups is 2. The van der Waals surface area contributed by atoms with Crippen LogP contribution in [0.1, 0.15) is 22.1 Å². The highest BCUT2D eigenvalue weighted by Crippen LogP contribution is 2.22. The van der Waals surface area contributed by atoms with Crippen LogP contribution in [0.3, 0.4) is 0 Å². The lowest BCUT2D eigenvalue weighted by Crippen LogP contribution is -1.85. The van der Waals surface area contributed by atoms with E-state index in [4.69, 9.17) is 1.37 Å². The Kier molecular flexibility index (Phi) is 1.66. The summed E-state index contributed by atoms with van der Waals surface area (Å²) in [5, 5.41) is 0.565. The monoisotopic (exact) mass is 188 g/mol.